The number of rotatable bonds is 13. The molecule has 8 heteroatoms. The zero-order valence-electron chi connectivity index (χ0n) is 31.5. The number of hydrogen-bond acceptors (Lipinski definition) is 1. The van der Waals surface area contributed by atoms with Gasteiger partial charge in [0.2, 0.25) is 0 Å². The summed E-state index contributed by atoms with van der Waals surface area (Å²) in [6.45, 7) is 1.59. The molecule has 0 saturated heterocycles. The minimum Gasteiger partial charge on any atom is -1.00 e. The second-order valence-corrected chi connectivity index (χ2v) is 19.4. The molecule has 0 heterocycles. The van der Waals surface area contributed by atoms with Gasteiger partial charge >= 0.3 is 19.5 Å². The molecular weight excluding hydrogens is 881 g/mol. The molecule has 7 aromatic rings. The predicted octanol–water partition coefficient (Wildman–Crippen LogP) is 7.25. The van der Waals surface area contributed by atoms with E-state index >= 15 is 0 Å². The Morgan fingerprint density at radius 1 is 0.345 bits per heavy atom. The van der Waals surface area contributed by atoms with E-state index in [9.17, 15) is 0 Å². The van der Waals surface area contributed by atoms with Crippen molar-refractivity contribution in [3.05, 3.63) is 212 Å². The van der Waals surface area contributed by atoms with Gasteiger partial charge in [-0.25, -0.2) is 0 Å². The molecule has 7 aromatic carbocycles. The summed E-state index contributed by atoms with van der Waals surface area (Å²) in [4.78, 5) is 0. The third kappa shape index (κ3) is 15.6. The molecule has 0 spiro atoms. The van der Waals surface area contributed by atoms with Gasteiger partial charge in [-0.3, -0.25) is 0 Å². The summed E-state index contributed by atoms with van der Waals surface area (Å²) in [6.07, 6.45) is 2.11. The monoisotopic (exact) mass is 926 g/mol. The Balaban J connectivity index is 0.000000373. The van der Waals surface area contributed by atoms with Crippen LogP contribution in [0, 0.1) is 0 Å². The molecule has 0 unspecified atom stereocenters. The van der Waals surface area contributed by atoms with Gasteiger partial charge in [-0.15, -0.1) is 23.2 Å². The molecule has 284 valence electrons. The fourth-order valence-electron chi connectivity index (χ4n) is 5.84. The van der Waals surface area contributed by atoms with Crippen LogP contribution in [0.25, 0.3) is 0 Å². The maximum Gasteiger partial charge on any atom is 2.00 e. The van der Waals surface area contributed by atoms with Crippen molar-refractivity contribution in [1.29, 1.82) is 0 Å². The van der Waals surface area contributed by atoms with E-state index in [1.807, 2.05) is 0 Å². The van der Waals surface area contributed by atoms with E-state index in [-0.39, 0.29) is 38.7 Å². The second-order valence-electron chi connectivity index (χ2n) is 11.7. The van der Waals surface area contributed by atoms with Crippen LogP contribution in [-0.2, 0) is 24.2 Å². The van der Waals surface area contributed by atoms with Gasteiger partial charge in [0.05, 0.1) is 18.6 Å². The van der Waals surface area contributed by atoms with Crippen LogP contribution in [0.2, 0.25) is 0 Å². The summed E-state index contributed by atoms with van der Waals surface area (Å²) in [7, 11) is -1.23. The Morgan fingerprint density at radius 2 is 0.527 bits per heavy atom. The summed E-state index contributed by atoms with van der Waals surface area (Å²) in [5.74, 6) is 0. The van der Waals surface area contributed by atoms with Crippen molar-refractivity contribution in [2.24, 2.45) is 0 Å². The fourth-order valence-corrected chi connectivity index (χ4v) is 12.5. The van der Waals surface area contributed by atoms with Crippen LogP contribution < -0.4 is 49.5 Å². The molecule has 0 saturated carbocycles. The Morgan fingerprint density at radius 3 is 0.727 bits per heavy atom. The zero-order chi connectivity index (χ0) is 36.8. The smallest absolute Gasteiger partial charge is 1.00 e. The molecule has 0 aromatic heterocycles. The predicted molar refractivity (Wildman–Crippen MR) is 242 cm³/mol. The van der Waals surface area contributed by atoms with Crippen LogP contribution in [0.5, 0.6) is 0 Å². The van der Waals surface area contributed by atoms with Crippen LogP contribution in [0.15, 0.2) is 212 Å². The third-order valence-corrected chi connectivity index (χ3v) is 15.6. The van der Waals surface area contributed by atoms with Crippen LogP contribution in [0.3, 0.4) is 0 Å². The van der Waals surface area contributed by atoms with Crippen molar-refractivity contribution in [1.82, 2.24) is 0 Å². The molecule has 0 aliphatic carbocycles. The maximum atomic E-state index is 6.21. The van der Waals surface area contributed by atoms with E-state index in [1.54, 1.807) is 0 Å². The topological polar surface area (TPSA) is 9.23 Å². The van der Waals surface area contributed by atoms with Crippen LogP contribution in [0.4, 0.5) is 0 Å². The van der Waals surface area contributed by atoms with E-state index in [4.69, 9.17) is 27.9 Å². The second kappa shape index (κ2) is 27.8. The fraction of sp³-hybridized carbons (Fsp3) is 0.106. The Kier molecular flexibility index (Phi) is 23.6. The van der Waals surface area contributed by atoms with Gasteiger partial charge in [0, 0.05) is 0 Å². The normalized spacial score (nSPS) is 10.3. The largest absolute Gasteiger partial charge is 2.00 e. The molecule has 0 atom stereocenters. The van der Waals surface area contributed by atoms with Gasteiger partial charge < -0.3 is 18.6 Å². The molecule has 0 N–H and O–H groups in total. The number of hydrogen-bond donors (Lipinski definition) is 0. The van der Waals surface area contributed by atoms with Crippen molar-refractivity contribution < 1.29 is 38.0 Å². The zero-order valence-corrected chi connectivity index (χ0v) is 37.2. The minimum absolute atomic E-state index is 0. The summed E-state index contributed by atoms with van der Waals surface area (Å²) >= 11 is 9.53. The average molecular weight is 927 g/mol. The summed E-state index contributed by atoms with van der Waals surface area (Å²) in [5.41, 5.74) is 0. The number of alkyl halides is 2. The van der Waals surface area contributed by atoms with Crippen LogP contribution in [-0.4, -0.2) is 30.9 Å². The van der Waals surface area contributed by atoms with Gasteiger partial charge in [0.15, 0.2) is 0 Å². The quantitative estimate of drug-likeness (QED) is 0.0513. The number of benzene rings is 7. The third-order valence-electron chi connectivity index (χ3n) is 8.23. The molecule has 0 fully saturated rings. The van der Waals surface area contributed by atoms with Gasteiger partial charge in [0.1, 0.15) is 0 Å². The van der Waals surface area contributed by atoms with Crippen molar-refractivity contribution in [3.8, 4) is 0 Å². The summed E-state index contributed by atoms with van der Waals surface area (Å²) in [6, 6.07) is 75.8. The average Bonchev–Trinajstić information content (AvgIpc) is 3.24. The molecule has 0 amide bonds. The van der Waals surface area contributed by atoms with Gasteiger partial charge in [0.25, 0.3) is 0 Å². The summed E-state index contributed by atoms with van der Waals surface area (Å²) in [5, 5.41) is 10.1. The molecular formula is C47H46Cl3OP3Ru. The Labute approximate surface area is 362 Å². The maximum absolute atomic E-state index is 6.21. The first-order valence-electron chi connectivity index (χ1n) is 17.7. The first-order chi connectivity index (χ1) is 26.3. The van der Waals surface area contributed by atoms with Crippen molar-refractivity contribution in [2.45, 2.75) is 0 Å². The van der Waals surface area contributed by atoms with Crippen LogP contribution in [0.1, 0.15) is 1.43 Å². The first-order valence-corrected chi connectivity index (χ1v) is 23.1. The van der Waals surface area contributed by atoms with Gasteiger partial charge in [-0.05, 0) is 73.2 Å². The van der Waals surface area contributed by atoms with Crippen molar-refractivity contribution in [3.63, 3.8) is 0 Å². The Bertz CT molecular complexity index is 1700. The van der Waals surface area contributed by atoms with Gasteiger partial charge in [-0.1, -0.05) is 212 Å². The van der Waals surface area contributed by atoms with E-state index < -0.39 is 23.8 Å². The SMILES string of the molecule is ClCCl.[Cl-].[H-].[Ru+2].c1ccc(P(CCOCCP(c2ccccc2)c2ccccc2)c2ccccc2)cc1.c1ccc(P(c2ccccc2)c2ccccc2)cc1. The molecule has 0 aliphatic rings. The van der Waals surface area contributed by atoms with Crippen molar-refractivity contribution >= 4 is 84.1 Å². The van der Waals surface area contributed by atoms with E-state index in [0.717, 1.165) is 25.5 Å². The number of ether oxygens (including phenoxy) is 1. The minimum atomic E-state index is -0.446. The van der Waals surface area contributed by atoms with E-state index in [0.29, 0.717) is 0 Å². The van der Waals surface area contributed by atoms with Crippen molar-refractivity contribution in [2.75, 3.05) is 30.9 Å². The Hall–Kier alpha value is -2.72. The molecule has 0 bridgehead atoms. The first kappa shape index (κ1) is 46.7. The van der Waals surface area contributed by atoms with E-state index in [1.165, 1.54) is 37.1 Å². The molecule has 55 heavy (non-hydrogen) atoms. The summed E-state index contributed by atoms with van der Waals surface area (Å²) < 4.78 is 6.21. The molecule has 0 radical (unpaired) electrons. The molecule has 7 rings (SSSR count). The van der Waals surface area contributed by atoms with E-state index in [2.05, 4.69) is 212 Å². The standard InChI is InChI=1S/C28H28OP2.C18H15P.CH2Cl2.ClH.Ru.H/c1-5-13-25(14-6-1)30(26-15-7-2-8-16-26)23-21-29-22-24-31(27-17-9-3-10-18-27)28-19-11-4-12-20-28;1-4-10-16(11-5-1)19(17-12-6-2-7-13-17)18-14-8-3-9-15-18;2-1-3;;;/h1-20H,21-24H2;1-15H;1H2;1H;;/q;;;;+2;-1/p-1. The van der Waals surface area contributed by atoms with Gasteiger partial charge in [-0.2, -0.15) is 0 Å². The number of halogens is 3. The molecule has 0 aliphatic heterocycles. The van der Waals surface area contributed by atoms with Crippen LogP contribution >= 0.6 is 47.0 Å². The molecule has 1 nitrogen and oxygen atoms in total.